The van der Waals surface area contributed by atoms with Crippen LogP contribution in [0.25, 0.3) is 11.3 Å². The molecule has 6 heteroatoms. The van der Waals surface area contributed by atoms with E-state index < -0.39 is 0 Å². The minimum atomic E-state index is 0. The van der Waals surface area contributed by atoms with E-state index in [2.05, 4.69) is 21.5 Å². The quantitative estimate of drug-likeness (QED) is 0.350. The zero-order chi connectivity index (χ0) is 16.9. The number of rotatable bonds is 4. The van der Waals surface area contributed by atoms with Gasteiger partial charge in [0, 0.05) is 17.3 Å². The molecule has 1 aromatic heterocycles. The van der Waals surface area contributed by atoms with Gasteiger partial charge in [-0.2, -0.15) is 0 Å². The predicted molar refractivity (Wildman–Crippen MR) is 112 cm³/mol. The van der Waals surface area contributed by atoms with Crippen LogP contribution >= 0.6 is 24.0 Å². The van der Waals surface area contributed by atoms with Gasteiger partial charge >= 0.3 is 0 Å². The zero-order valence-corrected chi connectivity index (χ0v) is 16.5. The van der Waals surface area contributed by atoms with Crippen molar-refractivity contribution in [3.8, 4) is 11.3 Å². The van der Waals surface area contributed by atoms with Gasteiger partial charge in [0.05, 0.1) is 6.54 Å². The SMILES string of the molecule is Cc1cc(C)cc(NC(N)=NCc2cc(-c3ccccc3)on2)c1.I. The van der Waals surface area contributed by atoms with Gasteiger partial charge in [-0.15, -0.1) is 24.0 Å². The zero-order valence-electron chi connectivity index (χ0n) is 14.2. The van der Waals surface area contributed by atoms with Gasteiger partial charge in [0.2, 0.25) is 0 Å². The number of aryl methyl sites for hydroxylation is 2. The Bertz CT molecular complexity index is 839. The number of halogens is 1. The van der Waals surface area contributed by atoms with Crippen molar-refractivity contribution in [1.29, 1.82) is 0 Å². The summed E-state index contributed by atoms with van der Waals surface area (Å²) < 4.78 is 5.35. The van der Waals surface area contributed by atoms with E-state index >= 15 is 0 Å². The topological polar surface area (TPSA) is 76.4 Å². The largest absolute Gasteiger partial charge is 0.370 e. The van der Waals surface area contributed by atoms with Crippen LogP contribution in [0.4, 0.5) is 5.69 Å². The van der Waals surface area contributed by atoms with Crippen molar-refractivity contribution in [1.82, 2.24) is 5.16 Å². The molecule has 0 saturated carbocycles. The van der Waals surface area contributed by atoms with Crippen molar-refractivity contribution in [3.05, 3.63) is 71.4 Å². The van der Waals surface area contributed by atoms with E-state index in [9.17, 15) is 0 Å². The van der Waals surface area contributed by atoms with E-state index in [1.807, 2.05) is 62.4 Å². The first-order valence-corrected chi connectivity index (χ1v) is 7.76. The third-order valence-corrected chi connectivity index (χ3v) is 3.52. The summed E-state index contributed by atoms with van der Waals surface area (Å²) in [6.45, 7) is 4.46. The van der Waals surface area contributed by atoms with E-state index in [0.717, 1.165) is 22.7 Å². The van der Waals surface area contributed by atoms with E-state index in [0.29, 0.717) is 12.5 Å². The lowest BCUT2D eigenvalue weighted by molar-refractivity contribution is 0.424. The first-order valence-electron chi connectivity index (χ1n) is 7.76. The highest BCUT2D eigenvalue weighted by atomic mass is 127. The molecule has 0 bridgehead atoms. The monoisotopic (exact) mass is 448 g/mol. The third kappa shape index (κ3) is 5.32. The number of benzene rings is 2. The van der Waals surface area contributed by atoms with Crippen LogP contribution in [-0.2, 0) is 6.54 Å². The Hall–Kier alpha value is -2.35. The van der Waals surface area contributed by atoms with Crippen LogP contribution in [0, 0.1) is 13.8 Å². The maximum absolute atomic E-state index is 5.95. The van der Waals surface area contributed by atoms with Gasteiger partial charge in [-0.05, 0) is 37.1 Å². The summed E-state index contributed by atoms with van der Waals surface area (Å²) in [6.07, 6.45) is 0. The van der Waals surface area contributed by atoms with E-state index in [4.69, 9.17) is 10.3 Å². The van der Waals surface area contributed by atoms with Gasteiger partial charge in [-0.25, -0.2) is 4.99 Å². The average molecular weight is 448 g/mol. The molecule has 0 saturated heterocycles. The van der Waals surface area contributed by atoms with Crippen molar-refractivity contribution in [2.75, 3.05) is 5.32 Å². The van der Waals surface area contributed by atoms with Crippen LogP contribution in [0.3, 0.4) is 0 Å². The van der Waals surface area contributed by atoms with Crippen molar-refractivity contribution in [3.63, 3.8) is 0 Å². The lowest BCUT2D eigenvalue weighted by Crippen LogP contribution is -2.22. The lowest BCUT2D eigenvalue weighted by atomic mass is 10.1. The highest BCUT2D eigenvalue weighted by molar-refractivity contribution is 14.0. The van der Waals surface area contributed by atoms with Crippen LogP contribution in [0.5, 0.6) is 0 Å². The van der Waals surface area contributed by atoms with Gasteiger partial charge in [-0.3, -0.25) is 0 Å². The number of nitrogens with zero attached hydrogens (tertiary/aromatic N) is 2. The second kappa shape index (κ2) is 8.66. The van der Waals surface area contributed by atoms with E-state index in [-0.39, 0.29) is 24.0 Å². The summed E-state index contributed by atoms with van der Waals surface area (Å²) in [4.78, 5) is 4.32. The maximum atomic E-state index is 5.95. The van der Waals surface area contributed by atoms with Crippen LogP contribution in [0.2, 0.25) is 0 Å². The van der Waals surface area contributed by atoms with E-state index in [1.165, 1.54) is 11.1 Å². The standard InChI is InChI=1S/C19H20N4O.HI/c1-13-8-14(2)10-16(9-13)22-19(20)21-12-17-11-18(24-23-17)15-6-4-3-5-7-15;/h3-11H,12H2,1-2H3,(H3,20,21,22);1H. The molecule has 25 heavy (non-hydrogen) atoms. The molecule has 0 amide bonds. The molecular formula is C19H21IN4O. The van der Waals surface area contributed by atoms with Gasteiger partial charge in [0.25, 0.3) is 0 Å². The van der Waals surface area contributed by atoms with Crippen molar-refractivity contribution in [2.45, 2.75) is 20.4 Å². The molecule has 0 unspecified atom stereocenters. The Kier molecular flexibility index (Phi) is 6.58. The van der Waals surface area contributed by atoms with E-state index in [1.54, 1.807) is 0 Å². The molecule has 5 nitrogen and oxygen atoms in total. The van der Waals surface area contributed by atoms with Crippen molar-refractivity contribution in [2.24, 2.45) is 10.7 Å². The summed E-state index contributed by atoms with van der Waals surface area (Å²) in [5, 5.41) is 7.14. The average Bonchev–Trinajstić information content (AvgIpc) is 3.02. The number of aromatic nitrogens is 1. The molecule has 2 aromatic carbocycles. The summed E-state index contributed by atoms with van der Waals surface area (Å²) in [5.41, 5.74) is 11.0. The molecule has 0 aliphatic rings. The molecule has 0 aliphatic carbocycles. The lowest BCUT2D eigenvalue weighted by Gasteiger charge is -2.07. The summed E-state index contributed by atoms with van der Waals surface area (Å²) in [6, 6.07) is 17.9. The van der Waals surface area contributed by atoms with Gasteiger partial charge in [-0.1, -0.05) is 41.6 Å². The molecule has 0 spiro atoms. The van der Waals surface area contributed by atoms with Crippen LogP contribution in [0.1, 0.15) is 16.8 Å². The number of anilines is 1. The molecule has 0 atom stereocenters. The van der Waals surface area contributed by atoms with Crippen LogP contribution in [0.15, 0.2) is 64.1 Å². The molecule has 0 aliphatic heterocycles. The predicted octanol–water partition coefficient (Wildman–Crippen LogP) is 4.50. The van der Waals surface area contributed by atoms with Crippen molar-refractivity contribution < 1.29 is 4.52 Å². The Morgan fingerprint density at radius 2 is 1.76 bits per heavy atom. The molecule has 3 aromatic rings. The summed E-state index contributed by atoms with van der Waals surface area (Å²) >= 11 is 0. The number of aliphatic imine (C=N–C) groups is 1. The first kappa shape index (κ1) is 19.0. The number of hydrogen-bond donors (Lipinski definition) is 2. The maximum Gasteiger partial charge on any atom is 0.193 e. The summed E-state index contributed by atoms with van der Waals surface area (Å²) in [5.74, 6) is 1.07. The van der Waals surface area contributed by atoms with Crippen LogP contribution in [-0.4, -0.2) is 11.1 Å². The van der Waals surface area contributed by atoms with Crippen LogP contribution < -0.4 is 11.1 Å². The number of nitrogens with one attached hydrogen (secondary N) is 1. The minimum absolute atomic E-state index is 0. The molecule has 1 heterocycles. The van der Waals surface area contributed by atoms with Crippen molar-refractivity contribution >= 4 is 35.6 Å². The smallest absolute Gasteiger partial charge is 0.193 e. The molecule has 0 radical (unpaired) electrons. The Labute approximate surface area is 164 Å². The second-order valence-electron chi connectivity index (χ2n) is 5.75. The number of guanidine groups is 1. The number of nitrogens with two attached hydrogens (primary N) is 1. The fraction of sp³-hybridized carbons (Fsp3) is 0.158. The Balaban J connectivity index is 0.00000225. The number of hydrogen-bond acceptors (Lipinski definition) is 3. The highest BCUT2D eigenvalue weighted by Crippen LogP contribution is 2.20. The third-order valence-electron chi connectivity index (χ3n) is 3.52. The first-order chi connectivity index (χ1) is 11.6. The van der Waals surface area contributed by atoms with Gasteiger partial charge in [0.1, 0.15) is 5.69 Å². The molecular weight excluding hydrogens is 427 g/mol. The Morgan fingerprint density at radius 3 is 2.44 bits per heavy atom. The molecule has 0 fully saturated rings. The molecule has 3 rings (SSSR count). The fourth-order valence-corrected chi connectivity index (χ4v) is 2.53. The summed E-state index contributed by atoms with van der Waals surface area (Å²) in [7, 11) is 0. The minimum Gasteiger partial charge on any atom is -0.370 e. The molecule has 3 N–H and O–H groups in total. The Morgan fingerprint density at radius 1 is 1.08 bits per heavy atom. The fourth-order valence-electron chi connectivity index (χ4n) is 2.53. The van der Waals surface area contributed by atoms with Gasteiger partial charge < -0.3 is 15.6 Å². The second-order valence-corrected chi connectivity index (χ2v) is 5.75. The molecule has 130 valence electrons. The normalized spacial score (nSPS) is 11.0. The van der Waals surface area contributed by atoms with Gasteiger partial charge in [0.15, 0.2) is 11.7 Å². The highest BCUT2D eigenvalue weighted by Gasteiger charge is 2.06.